The number of anilines is 1. The van der Waals surface area contributed by atoms with Gasteiger partial charge >= 0.3 is 0 Å². The lowest BCUT2D eigenvalue weighted by atomic mass is 10.3. The molecule has 0 bridgehead atoms. The number of likely N-dealkylation sites (N-methyl/N-ethyl adjacent to an activating group) is 1. The molecule has 1 saturated carbocycles. The normalized spacial score (nSPS) is 15.3. The highest BCUT2D eigenvalue weighted by molar-refractivity contribution is 6.44. The lowest BCUT2D eigenvalue weighted by molar-refractivity contribution is -0.862. The Morgan fingerprint density at radius 2 is 1.68 bits per heavy atom. The number of halogens is 3. The second kappa shape index (κ2) is 7.51. The summed E-state index contributed by atoms with van der Waals surface area (Å²) in [5, 5.41) is 6.50. The third-order valence-electron chi connectivity index (χ3n) is 3.15. The van der Waals surface area contributed by atoms with Crippen molar-refractivity contribution in [2.45, 2.75) is 18.9 Å². The Bertz CT molecular complexity index is 591. The molecule has 2 amide bonds. The van der Waals surface area contributed by atoms with Crippen molar-refractivity contribution >= 4 is 52.3 Å². The molecule has 0 aromatic heterocycles. The van der Waals surface area contributed by atoms with Crippen molar-refractivity contribution in [3.63, 3.8) is 0 Å². The van der Waals surface area contributed by atoms with Gasteiger partial charge < -0.3 is 15.5 Å². The Hall–Kier alpha value is -1.01. The molecule has 0 heterocycles. The summed E-state index contributed by atoms with van der Waals surface area (Å²) in [5.74, 6) is -0.294. The highest BCUT2D eigenvalue weighted by atomic mass is 35.5. The fourth-order valence-electron chi connectivity index (χ4n) is 1.93. The van der Waals surface area contributed by atoms with Crippen molar-refractivity contribution in [1.82, 2.24) is 5.32 Å². The van der Waals surface area contributed by atoms with E-state index in [-0.39, 0.29) is 24.9 Å². The predicted octanol–water partition coefficient (Wildman–Crippen LogP) is 1.38. The van der Waals surface area contributed by atoms with Gasteiger partial charge in [0.1, 0.15) is 0 Å². The van der Waals surface area contributed by atoms with Crippen molar-refractivity contribution in [1.29, 1.82) is 0 Å². The van der Waals surface area contributed by atoms with E-state index < -0.39 is 0 Å². The zero-order valence-corrected chi connectivity index (χ0v) is 14.3. The Kier molecular flexibility index (Phi) is 5.92. The Balaban J connectivity index is 1.84. The first-order valence-corrected chi connectivity index (χ1v) is 8.03. The minimum absolute atomic E-state index is 0.0413. The van der Waals surface area contributed by atoms with Crippen LogP contribution in [0.25, 0.3) is 0 Å². The highest BCUT2D eigenvalue weighted by Gasteiger charge is 2.25. The number of rotatable bonds is 6. The summed E-state index contributed by atoms with van der Waals surface area (Å²) < 4.78 is 0. The molecule has 5 nitrogen and oxygen atoms in total. The van der Waals surface area contributed by atoms with E-state index >= 15 is 0 Å². The highest BCUT2D eigenvalue weighted by Crippen LogP contribution is 2.32. The standard InChI is InChI=1S/C14H16Cl3N3O2/c1-20(6-13(21)18-8-2-3-8)7-14(22)19-12-5-10(16)9(15)4-11(12)17/h4-5,8H,2-3,6-7H2,1H3,(H,18,21)(H,19,22)/p+1. The van der Waals surface area contributed by atoms with Gasteiger partial charge in [-0.15, -0.1) is 0 Å². The van der Waals surface area contributed by atoms with Gasteiger partial charge in [-0.3, -0.25) is 9.59 Å². The average molecular weight is 366 g/mol. The van der Waals surface area contributed by atoms with Gasteiger partial charge in [-0.1, -0.05) is 34.8 Å². The summed E-state index contributed by atoms with van der Waals surface area (Å²) >= 11 is 17.7. The molecule has 0 saturated heterocycles. The number of hydrogen-bond donors (Lipinski definition) is 3. The maximum absolute atomic E-state index is 12.0. The fraction of sp³-hybridized carbons (Fsp3) is 0.429. The van der Waals surface area contributed by atoms with Gasteiger partial charge in [-0.05, 0) is 25.0 Å². The Labute approximate surface area is 143 Å². The average Bonchev–Trinajstić information content (AvgIpc) is 3.19. The molecule has 8 heteroatoms. The second-order valence-electron chi connectivity index (χ2n) is 5.45. The summed E-state index contributed by atoms with van der Waals surface area (Å²) in [4.78, 5) is 24.4. The molecule has 1 atom stereocenters. The Morgan fingerprint density at radius 3 is 2.32 bits per heavy atom. The van der Waals surface area contributed by atoms with E-state index in [0.717, 1.165) is 17.7 Å². The van der Waals surface area contributed by atoms with Crippen molar-refractivity contribution in [2.75, 3.05) is 25.5 Å². The minimum atomic E-state index is -0.253. The van der Waals surface area contributed by atoms with Gasteiger partial charge in [0.25, 0.3) is 11.8 Å². The maximum Gasteiger partial charge on any atom is 0.279 e. The van der Waals surface area contributed by atoms with Crippen LogP contribution in [0.4, 0.5) is 5.69 Å². The molecule has 1 aliphatic rings. The molecule has 1 unspecified atom stereocenters. The number of benzene rings is 1. The van der Waals surface area contributed by atoms with Crippen LogP contribution in [0.5, 0.6) is 0 Å². The van der Waals surface area contributed by atoms with Gasteiger partial charge in [0.15, 0.2) is 13.1 Å². The van der Waals surface area contributed by atoms with E-state index in [0.29, 0.717) is 26.8 Å². The van der Waals surface area contributed by atoms with E-state index in [2.05, 4.69) is 10.6 Å². The molecule has 3 N–H and O–H groups in total. The molecule has 0 aliphatic heterocycles. The number of nitrogens with one attached hydrogen (secondary N) is 3. The molecule has 120 valence electrons. The smallest absolute Gasteiger partial charge is 0.279 e. The first kappa shape index (κ1) is 17.3. The quantitative estimate of drug-likeness (QED) is 0.667. The SMILES string of the molecule is C[NH+](CC(=O)Nc1cc(Cl)c(Cl)cc1Cl)CC(=O)NC1CC1. The molecule has 1 aliphatic carbocycles. The topological polar surface area (TPSA) is 62.6 Å². The first-order chi connectivity index (χ1) is 10.3. The van der Waals surface area contributed by atoms with Crippen LogP contribution in [0, 0.1) is 0 Å². The van der Waals surface area contributed by atoms with Crippen LogP contribution in [0.1, 0.15) is 12.8 Å². The molecule has 1 fully saturated rings. The van der Waals surface area contributed by atoms with Gasteiger partial charge in [-0.2, -0.15) is 0 Å². The van der Waals surface area contributed by atoms with Gasteiger partial charge in [0.2, 0.25) is 0 Å². The first-order valence-electron chi connectivity index (χ1n) is 6.90. The van der Waals surface area contributed by atoms with E-state index in [4.69, 9.17) is 34.8 Å². The van der Waals surface area contributed by atoms with Gasteiger partial charge in [0.05, 0.1) is 27.8 Å². The number of hydrogen-bond acceptors (Lipinski definition) is 2. The molecular formula is C14H17Cl3N3O2+. The van der Waals surface area contributed by atoms with E-state index in [9.17, 15) is 9.59 Å². The second-order valence-corrected chi connectivity index (χ2v) is 6.67. The van der Waals surface area contributed by atoms with Gasteiger partial charge in [-0.25, -0.2) is 0 Å². The zero-order chi connectivity index (χ0) is 16.3. The van der Waals surface area contributed by atoms with Crippen LogP contribution in [0.3, 0.4) is 0 Å². The molecule has 2 rings (SSSR count). The number of quaternary nitrogens is 1. The molecule has 0 spiro atoms. The number of carbonyl (C=O) groups excluding carboxylic acids is 2. The molecule has 1 aromatic carbocycles. The van der Waals surface area contributed by atoms with Crippen LogP contribution < -0.4 is 15.5 Å². The Morgan fingerprint density at radius 1 is 1.09 bits per heavy atom. The molecule has 1 aromatic rings. The van der Waals surface area contributed by atoms with Crippen molar-refractivity contribution in [2.24, 2.45) is 0 Å². The third kappa shape index (κ3) is 5.32. The third-order valence-corrected chi connectivity index (χ3v) is 4.19. The predicted molar refractivity (Wildman–Crippen MR) is 87.9 cm³/mol. The van der Waals surface area contributed by atoms with E-state index in [1.54, 1.807) is 7.05 Å². The van der Waals surface area contributed by atoms with Gasteiger partial charge in [0, 0.05) is 6.04 Å². The summed E-state index contributed by atoms with van der Waals surface area (Å²) in [6, 6.07) is 3.30. The van der Waals surface area contributed by atoms with E-state index in [1.165, 1.54) is 12.1 Å². The molecular weight excluding hydrogens is 349 g/mol. The van der Waals surface area contributed by atoms with E-state index in [1.807, 2.05) is 0 Å². The van der Waals surface area contributed by atoms with Crippen molar-refractivity contribution in [3.8, 4) is 0 Å². The summed E-state index contributed by atoms with van der Waals surface area (Å²) in [7, 11) is 1.78. The van der Waals surface area contributed by atoms with Crippen LogP contribution in [0.2, 0.25) is 15.1 Å². The number of amides is 2. The van der Waals surface area contributed by atoms with Crippen LogP contribution in [-0.4, -0.2) is 38.0 Å². The largest absolute Gasteiger partial charge is 0.348 e. The maximum atomic E-state index is 12.0. The number of carbonyl (C=O) groups is 2. The summed E-state index contributed by atoms with van der Waals surface area (Å²) in [5.41, 5.74) is 0.399. The van der Waals surface area contributed by atoms with Crippen LogP contribution in [-0.2, 0) is 9.59 Å². The lowest BCUT2D eigenvalue weighted by Crippen LogP contribution is -3.11. The van der Waals surface area contributed by atoms with Crippen LogP contribution >= 0.6 is 34.8 Å². The van der Waals surface area contributed by atoms with Crippen LogP contribution in [0.15, 0.2) is 12.1 Å². The molecule has 22 heavy (non-hydrogen) atoms. The molecule has 0 radical (unpaired) electrons. The summed E-state index contributed by atoms with van der Waals surface area (Å²) in [6.45, 7) is 0.397. The lowest BCUT2D eigenvalue weighted by Gasteiger charge is -2.14. The van der Waals surface area contributed by atoms with Crippen molar-refractivity contribution in [3.05, 3.63) is 27.2 Å². The fourth-order valence-corrected chi connectivity index (χ4v) is 2.52. The van der Waals surface area contributed by atoms with Crippen molar-refractivity contribution < 1.29 is 14.5 Å². The summed E-state index contributed by atoms with van der Waals surface area (Å²) in [6.07, 6.45) is 2.09. The zero-order valence-electron chi connectivity index (χ0n) is 12.0. The monoisotopic (exact) mass is 364 g/mol. The minimum Gasteiger partial charge on any atom is -0.348 e.